The minimum absolute atomic E-state index is 0.140. The minimum Gasteiger partial charge on any atom is -0.265 e. The third kappa shape index (κ3) is 3.01. The monoisotopic (exact) mass is 340 g/mol. The van der Waals surface area contributed by atoms with Crippen LogP contribution in [0.2, 0.25) is 0 Å². The fraction of sp³-hybridized carbons (Fsp3) is 0.316. The highest BCUT2D eigenvalue weighted by Gasteiger charge is 2.39. The van der Waals surface area contributed by atoms with Gasteiger partial charge in [0.25, 0.3) is 0 Å². The van der Waals surface area contributed by atoms with Gasteiger partial charge in [-0.15, -0.1) is 0 Å². The summed E-state index contributed by atoms with van der Waals surface area (Å²) in [5.41, 5.74) is 3.24. The average Bonchev–Trinajstić information content (AvgIpc) is 3.45. The zero-order valence-corrected chi connectivity index (χ0v) is 14.2. The summed E-state index contributed by atoms with van der Waals surface area (Å²) in [5.74, 6) is 0. The van der Waals surface area contributed by atoms with Crippen LogP contribution in [-0.4, -0.2) is 23.7 Å². The molecule has 1 aromatic carbocycles. The fourth-order valence-corrected chi connectivity index (χ4v) is 5.06. The summed E-state index contributed by atoms with van der Waals surface area (Å²) in [7, 11) is -3.43. The van der Waals surface area contributed by atoms with Crippen LogP contribution in [0.15, 0.2) is 53.7 Å². The van der Waals surface area contributed by atoms with E-state index in [-0.39, 0.29) is 6.04 Å². The number of sulfonamides is 1. The number of hydrogen-bond acceptors (Lipinski definition) is 3. The largest absolute Gasteiger partial charge is 0.265 e. The second-order valence-electron chi connectivity index (χ2n) is 6.45. The topological polar surface area (TPSA) is 50.3 Å². The first kappa shape index (κ1) is 15.5. The van der Waals surface area contributed by atoms with E-state index in [4.69, 9.17) is 0 Å². The molecule has 1 heterocycles. The van der Waals surface area contributed by atoms with Gasteiger partial charge in [0.1, 0.15) is 0 Å². The van der Waals surface area contributed by atoms with E-state index in [1.165, 1.54) is 5.56 Å². The van der Waals surface area contributed by atoms with Crippen molar-refractivity contribution < 1.29 is 8.42 Å². The number of fused-ring (bicyclic) bond motifs is 1. The lowest BCUT2D eigenvalue weighted by Crippen LogP contribution is -2.34. The molecule has 1 fully saturated rings. The maximum Gasteiger partial charge on any atom is 0.239 e. The van der Waals surface area contributed by atoms with Gasteiger partial charge in [0.15, 0.2) is 0 Å². The Balaban J connectivity index is 1.66. The zero-order chi connectivity index (χ0) is 16.6. The fourth-order valence-electron chi connectivity index (χ4n) is 3.20. The number of benzene rings is 1. The van der Waals surface area contributed by atoms with Crippen molar-refractivity contribution in [1.82, 2.24) is 9.29 Å². The lowest BCUT2D eigenvalue weighted by Gasteiger charge is -2.25. The molecule has 0 amide bonds. The summed E-state index contributed by atoms with van der Waals surface area (Å²) in [6.45, 7) is 0.425. The van der Waals surface area contributed by atoms with Crippen molar-refractivity contribution in [1.29, 1.82) is 0 Å². The number of pyridine rings is 1. The quantitative estimate of drug-likeness (QED) is 0.838. The standard InChI is InChI=1S/C19H20N2O2S/c22-24(23,19-8-5-16-3-1-2-4-17(16)13-19)21(18-6-7-18)14-15-9-11-20-12-10-15/h1-4,9-13,18H,5-8,14H2. The zero-order valence-electron chi connectivity index (χ0n) is 13.4. The highest BCUT2D eigenvalue weighted by atomic mass is 32.2. The maximum atomic E-state index is 13.2. The lowest BCUT2D eigenvalue weighted by molar-refractivity contribution is 0.402. The van der Waals surface area contributed by atoms with Crippen LogP contribution < -0.4 is 0 Å². The Hall–Kier alpha value is -1.98. The molecule has 24 heavy (non-hydrogen) atoms. The van der Waals surface area contributed by atoms with Crippen LogP contribution in [0, 0.1) is 0 Å². The second-order valence-corrected chi connectivity index (χ2v) is 8.39. The van der Waals surface area contributed by atoms with Crippen LogP contribution in [0.25, 0.3) is 6.08 Å². The van der Waals surface area contributed by atoms with Crippen molar-refractivity contribution in [3.63, 3.8) is 0 Å². The molecule has 4 rings (SSSR count). The summed E-state index contributed by atoms with van der Waals surface area (Å²) in [6.07, 6.45) is 8.55. The van der Waals surface area contributed by atoms with Gasteiger partial charge in [-0.2, -0.15) is 4.31 Å². The van der Waals surface area contributed by atoms with Gasteiger partial charge in [-0.05, 0) is 60.6 Å². The van der Waals surface area contributed by atoms with E-state index < -0.39 is 10.0 Å². The lowest BCUT2D eigenvalue weighted by atomic mass is 9.98. The van der Waals surface area contributed by atoms with Gasteiger partial charge < -0.3 is 0 Å². The molecule has 1 saturated carbocycles. The molecule has 0 N–H and O–H groups in total. The Bertz CT molecular complexity index is 871. The third-order valence-corrected chi connectivity index (χ3v) is 6.72. The summed E-state index contributed by atoms with van der Waals surface area (Å²) in [6, 6.07) is 11.9. The first-order chi connectivity index (χ1) is 11.6. The van der Waals surface area contributed by atoms with Gasteiger partial charge in [0.2, 0.25) is 10.0 Å². The van der Waals surface area contributed by atoms with Crippen molar-refractivity contribution in [2.24, 2.45) is 0 Å². The van der Waals surface area contributed by atoms with Crippen molar-refractivity contribution in [2.75, 3.05) is 0 Å². The molecule has 0 bridgehead atoms. The molecule has 4 nitrogen and oxygen atoms in total. The molecule has 124 valence electrons. The highest BCUT2D eigenvalue weighted by molar-refractivity contribution is 7.93. The van der Waals surface area contributed by atoms with E-state index in [1.807, 2.05) is 36.4 Å². The van der Waals surface area contributed by atoms with E-state index in [1.54, 1.807) is 16.7 Å². The smallest absolute Gasteiger partial charge is 0.239 e. The Morgan fingerprint density at radius 1 is 1.04 bits per heavy atom. The van der Waals surface area contributed by atoms with Crippen molar-refractivity contribution >= 4 is 16.1 Å². The normalized spacial score (nSPS) is 17.5. The van der Waals surface area contributed by atoms with Crippen molar-refractivity contribution in [2.45, 2.75) is 38.3 Å². The van der Waals surface area contributed by atoms with Crippen molar-refractivity contribution in [3.05, 3.63) is 70.4 Å². The van der Waals surface area contributed by atoms with Gasteiger partial charge >= 0.3 is 0 Å². The van der Waals surface area contributed by atoms with Gasteiger partial charge in [-0.1, -0.05) is 24.3 Å². The predicted molar refractivity (Wildman–Crippen MR) is 94.5 cm³/mol. The van der Waals surface area contributed by atoms with E-state index in [9.17, 15) is 8.42 Å². The average molecular weight is 340 g/mol. The first-order valence-corrected chi connectivity index (χ1v) is 9.78. The second kappa shape index (κ2) is 6.15. The molecular weight excluding hydrogens is 320 g/mol. The van der Waals surface area contributed by atoms with Gasteiger partial charge in [-0.3, -0.25) is 4.98 Å². The Morgan fingerprint density at radius 2 is 1.79 bits per heavy atom. The van der Waals surface area contributed by atoms with Gasteiger partial charge in [0, 0.05) is 25.0 Å². The van der Waals surface area contributed by atoms with E-state index >= 15 is 0 Å². The van der Waals surface area contributed by atoms with Crippen LogP contribution in [0.4, 0.5) is 0 Å². The van der Waals surface area contributed by atoms with Gasteiger partial charge in [0.05, 0.1) is 4.91 Å². The predicted octanol–water partition coefficient (Wildman–Crippen LogP) is 3.36. The van der Waals surface area contributed by atoms with Crippen LogP contribution in [0.5, 0.6) is 0 Å². The van der Waals surface area contributed by atoms with Crippen LogP contribution in [0.3, 0.4) is 0 Å². The summed E-state index contributed by atoms with van der Waals surface area (Å²) < 4.78 is 28.1. The molecule has 0 atom stereocenters. The Kier molecular flexibility index (Phi) is 3.98. The Morgan fingerprint density at radius 3 is 2.54 bits per heavy atom. The van der Waals surface area contributed by atoms with E-state index in [0.717, 1.165) is 30.4 Å². The third-order valence-electron chi connectivity index (χ3n) is 4.69. The molecule has 0 spiro atoms. The number of rotatable bonds is 5. The molecule has 2 aliphatic rings. The molecule has 2 aromatic rings. The van der Waals surface area contributed by atoms with E-state index in [2.05, 4.69) is 11.1 Å². The molecule has 0 saturated heterocycles. The molecule has 0 aliphatic heterocycles. The molecule has 2 aliphatic carbocycles. The highest BCUT2D eigenvalue weighted by Crippen LogP contribution is 2.36. The van der Waals surface area contributed by atoms with Crippen molar-refractivity contribution in [3.8, 4) is 0 Å². The molecule has 5 heteroatoms. The van der Waals surface area contributed by atoms with Crippen LogP contribution in [0.1, 0.15) is 36.0 Å². The van der Waals surface area contributed by atoms with E-state index in [0.29, 0.717) is 17.9 Å². The summed E-state index contributed by atoms with van der Waals surface area (Å²) in [5, 5.41) is 0. The number of hydrogen-bond donors (Lipinski definition) is 0. The number of nitrogens with zero attached hydrogens (tertiary/aromatic N) is 2. The molecule has 0 unspecified atom stereocenters. The molecule has 1 aromatic heterocycles. The first-order valence-electron chi connectivity index (χ1n) is 8.34. The minimum atomic E-state index is -3.43. The maximum absolute atomic E-state index is 13.2. The van der Waals surface area contributed by atoms with Crippen LogP contribution in [-0.2, 0) is 23.0 Å². The number of aryl methyl sites for hydroxylation is 1. The summed E-state index contributed by atoms with van der Waals surface area (Å²) >= 11 is 0. The molecular formula is C19H20N2O2S. The number of aromatic nitrogens is 1. The van der Waals surface area contributed by atoms with Crippen LogP contribution >= 0.6 is 0 Å². The summed E-state index contributed by atoms with van der Waals surface area (Å²) in [4.78, 5) is 4.55. The SMILES string of the molecule is O=S(=O)(C1=Cc2ccccc2CC1)N(Cc1ccncc1)C1CC1. The number of allylic oxidation sites excluding steroid dienone is 1. The Labute approximate surface area is 142 Å². The van der Waals surface area contributed by atoms with Gasteiger partial charge in [-0.25, -0.2) is 8.42 Å². The molecule has 0 radical (unpaired) electrons.